The van der Waals surface area contributed by atoms with Crippen molar-refractivity contribution < 1.29 is 19.4 Å². The van der Waals surface area contributed by atoms with E-state index in [-0.39, 0.29) is 24.7 Å². The highest BCUT2D eigenvalue weighted by Gasteiger charge is 2.30. The molecule has 5 nitrogen and oxygen atoms in total. The van der Waals surface area contributed by atoms with E-state index in [1.54, 1.807) is 43.3 Å². The Hall–Kier alpha value is -3.80. The smallest absolute Gasteiger partial charge is 0.185 e. The van der Waals surface area contributed by atoms with E-state index in [9.17, 15) is 15.2 Å². The normalized spacial score (nSPS) is 12.2. The first-order valence-electron chi connectivity index (χ1n) is 10.1. The third-order valence-electron chi connectivity index (χ3n) is 5.11. The van der Waals surface area contributed by atoms with E-state index in [1.807, 2.05) is 13.0 Å². The van der Waals surface area contributed by atoms with Gasteiger partial charge in [-0.25, -0.2) is 0 Å². The van der Waals surface area contributed by atoms with Gasteiger partial charge in [0, 0.05) is 29.0 Å². The molecule has 0 amide bonds. The summed E-state index contributed by atoms with van der Waals surface area (Å²) in [7, 11) is 1.50. The summed E-state index contributed by atoms with van der Waals surface area (Å²) in [6, 6.07) is 12.3. The Bertz CT molecular complexity index is 1120. The fourth-order valence-electron chi connectivity index (χ4n) is 3.50. The maximum atomic E-state index is 13.4. The second-order valence-corrected chi connectivity index (χ2v) is 7.29. The van der Waals surface area contributed by atoms with Crippen molar-refractivity contribution in [3.05, 3.63) is 82.5 Å². The lowest BCUT2D eigenvalue weighted by atomic mass is 9.79. The number of hydrogen-bond acceptors (Lipinski definition) is 5. The van der Waals surface area contributed by atoms with Gasteiger partial charge >= 0.3 is 0 Å². The lowest BCUT2D eigenvalue weighted by Crippen LogP contribution is -2.20. The Morgan fingerprint density at radius 3 is 2.66 bits per heavy atom. The summed E-state index contributed by atoms with van der Waals surface area (Å²) in [5.41, 5.74) is 3.59. The molecule has 0 aromatic heterocycles. The van der Waals surface area contributed by atoms with Crippen LogP contribution in [0.5, 0.6) is 11.5 Å². The van der Waals surface area contributed by atoms with E-state index in [2.05, 4.69) is 18.6 Å². The third kappa shape index (κ3) is 5.66. The topological polar surface area (TPSA) is 79.5 Å². The molecule has 0 radical (unpaired) electrons. The molecule has 1 atom stereocenters. The van der Waals surface area contributed by atoms with Gasteiger partial charge < -0.3 is 14.6 Å². The number of carbonyl (C=O) groups is 1. The zero-order valence-electron chi connectivity index (χ0n) is 18.6. The van der Waals surface area contributed by atoms with Crippen molar-refractivity contribution in [3.63, 3.8) is 0 Å². The van der Waals surface area contributed by atoms with Crippen molar-refractivity contribution in [1.29, 1.82) is 5.26 Å². The number of nitriles is 1. The first-order valence-corrected chi connectivity index (χ1v) is 10.1. The number of carbonyl (C=O) groups excluding carboxylic acids is 1. The molecule has 2 aromatic carbocycles. The van der Waals surface area contributed by atoms with Crippen LogP contribution in [-0.4, -0.2) is 31.2 Å². The van der Waals surface area contributed by atoms with Crippen molar-refractivity contribution in [1.82, 2.24) is 0 Å². The molecular formula is C27H27NO4. The number of Topliss-reactive ketones (excluding diaryl/α,β-unsaturated/α-hetero) is 1. The Morgan fingerprint density at radius 2 is 2.03 bits per heavy atom. The lowest BCUT2D eigenvalue weighted by molar-refractivity contribution is -0.120. The van der Waals surface area contributed by atoms with Crippen LogP contribution in [0.25, 0.3) is 0 Å². The quantitative estimate of drug-likeness (QED) is 0.253. The number of ether oxygens (including phenoxy) is 2. The number of benzene rings is 2. The molecule has 0 fully saturated rings. The lowest BCUT2D eigenvalue weighted by Gasteiger charge is -2.25. The van der Waals surface area contributed by atoms with E-state index in [4.69, 9.17) is 15.9 Å². The van der Waals surface area contributed by atoms with Crippen LogP contribution in [0.3, 0.4) is 0 Å². The number of phenols is 1. The molecule has 2 rings (SSSR count). The number of terminal acetylenes is 1. The monoisotopic (exact) mass is 429 g/mol. The largest absolute Gasteiger partial charge is 0.508 e. The number of ketones is 1. The maximum absolute atomic E-state index is 13.4. The van der Waals surface area contributed by atoms with Crippen LogP contribution in [0, 0.1) is 30.6 Å². The highest BCUT2D eigenvalue weighted by atomic mass is 16.5. The zero-order valence-corrected chi connectivity index (χ0v) is 18.6. The van der Waals surface area contributed by atoms with Crippen molar-refractivity contribution >= 4 is 5.78 Å². The Labute approximate surface area is 189 Å². The van der Waals surface area contributed by atoms with Crippen molar-refractivity contribution in [2.45, 2.75) is 26.2 Å². The molecule has 0 saturated heterocycles. The van der Waals surface area contributed by atoms with Crippen LogP contribution >= 0.6 is 0 Å². The Balaban J connectivity index is 2.75. The number of allylic oxidation sites excluding steroid dienone is 2. The Morgan fingerprint density at radius 1 is 1.28 bits per heavy atom. The molecule has 0 bridgehead atoms. The highest BCUT2D eigenvalue weighted by molar-refractivity contribution is 6.00. The zero-order chi connectivity index (χ0) is 23.7. The average Bonchev–Trinajstić information content (AvgIpc) is 2.81. The Kier molecular flexibility index (Phi) is 8.83. The number of phenolic OH excluding ortho intramolecular Hbond substituents is 1. The number of methoxy groups -OCH3 is 1. The molecule has 0 saturated carbocycles. The van der Waals surface area contributed by atoms with Crippen LogP contribution in [-0.2, 0) is 9.53 Å². The molecule has 0 spiro atoms. The maximum Gasteiger partial charge on any atom is 0.185 e. The van der Waals surface area contributed by atoms with Crippen LogP contribution in [0.1, 0.15) is 41.5 Å². The van der Waals surface area contributed by atoms with Gasteiger partial charge in [-0.1, -0.05) is 36.4 Å². The molecule has 5 heteroatoms. The first kappa shape index (κ1) is 24.5. The van der Waals surface area contributed by atoms with Gasteiger partial charge in [0.2, 0.25) is 0 Å². The van der Waals surface area contributed by atoms with Gasteiger partial charge in [-0.2, -0.15) is 5.26 Å². The second kappa shape index (κ2) is 11.6. The van der Waals surface area contributed by atoms with E-state index in [0.717, 1.165) is 5.56 Å². The summed E-state index contributed by atoms with van der Waals surface area (Å²) in [6.45, 7) is 7.64. The fourth-order valence-corrected chi connectivity index (χ4v) is 3.50. The summed E-state index contributed by atoms with van der Waals surface area (Å²) in [4.78, 5) is 13.4. The molecule has 1 unspecified atom stereocenters. The molecule has 164 valence electrons. The van der Waals surface area contributed by atoms with Crippen molar-refractivity contribution in [2.24, 2.45) is 0 Å². The summed E-state index contributed by atoms with van der Waals surface area (Å²) >= 11 is 0. The number of aryl methyl sites for hydroxylation is 1. The molecule has 1 N–H and O–H groups in total. The number of hydrogen-bond donors (Lipinski definition) is 1. The summed E-state index contributed by atoms with van der Waals surface area (Å²) in [5, 5.41) is 20.1. The van der Waals surface area contributed by atoms with Crippen LogP contribution in [0.4, 0.5) is 0 Å². The minimum Gasteiger partial charge on any atom is -0.508 e. The standard InChI is InChI=1S/C27H27NO4/c1-6-8-13-32-17-24(30)26(19(4)7-2)27(22-14-18(3)9-12-23(22)29)21-11-10-20(16-28)15-25(21)31-5/h1,7,9-12,14-15,27,29H,2,8,13,17H2,3-5H3/b26-19-. The van der Waals surface area contributed by atoms with Crippen LogP contribution < -0.4 is 4.74 Å². The molecule has 2 aromatic rings. The average molecular weight is 430 g/mol. The van der Waals surface area contributed by atoms with E-state index >= 15 is 0 Å². The fraction of sp³-hybridized carbons (Fsp3) is 0.259. The van der Waals surface area contributed by atoms with Gasteiger partial charge in [-0.15, -0.1) is 12.3 Å². The molecule has 32 heavy (non-hydrogen) atoms. The summed E-state index contributed by atoms with van der Waals surface area (Å²) in [5.74, 6) is 2.04. The predicted molar refractivity (Wildman–Crippen MR) is 125 cm³/mol. The van der Waals surface area contributed by atoms with Crippen molar-refractivity contribution in [2.75, 3.05) is 20.3 Å². The van der Waals surface area contributed by atoms with Gasteiger partial charge in [-0.3, -0.25) is 4.79 Å². The van der Waals surface area contributed by atoms with Crippen LogP contribution in [0.15, 0.2) is 60.2 Å². The SMILES string of the molecule is C#CCCOCC(=O)/C(=C(\C)C=C)C(c1cc(C)ccc1O)c1ccc(C#N)cc1OC. The second-order valence-electron chi connectivity index (χ2n) is 7.29. The van der Waals surface area contributed by atoms with E-state index in [1.165, 1.54) is 7.11 Å². The minimum atomic E-state index is -0.667. The third-order valence-corrected chi connectivity index (χ3v) is 5.11. The van der Waals surface area contributed by atoms with Crippen LogP contribution in [0.2, 0.25) is 0 Å². The van der Waals surface area contributed by atoms with Gasteiger partial charge in [0.05, 0.1) is 25.3 Å². The van der Waals surface area contributed by atoms with Crippen molar-refractivity contribution in [3.8, 4) is 29.9 Å². The van der Waals surface area contributed by atoms with E-state index < -0.39 is 5.92 Å². The van der Waals surface area contributed by atoms with E-state index in [0.29, 0.717) is 40.0 Å². The summed E-state index contributed by atoms with van der Waals surface area (Å²) < 4.78 is 11.1. The summed E-state index contributed by atoms with van der Waals surface area (Å²) in [6.07, 6.45) is 7.26. The highest BCUT2D eigenvalue weighted by Crippen LogP contribution is 2.43. The molecule has 0 heterocycles. The minimum absolute atomic E-state index is 0.0439. The number of nitrogens with zero attached hydrogens (tertiary/aromatic N) is 1. The molecular weight excluding hydrogens is 402 g/mol. The van der Waals surface area contributed by atoms with Gasteiger partial charge in [-0.05, 0) is 37.6 Å². The first-order chi connectivity index (χ1) is 15.4. The van der Waals surface area contributed by atoms with Gasteiger partial charge in [0.1, 0.15) is 18.1 Å². The van der Waals surface area contributed by atoms with Gasteiger partial charge in [0.25, 0.3) is 0 Å². The molecule has 0 aliphatic rings. The molecule has 0 aliphatic carbocycles. The predicted octanol–water partition coefficient (Wildman–Crippen LogP) is 4.82. The molecule has 0 aliphatic heterocycles. The number of aromatic hydroxyl groups is 1. The van der Waals surface area contributed by atoms with Gasteiger partial charge in [0.15, 0.2) is 5.78 Å². The number of rotatable bonds is 10.